The first kappa shape index (κ1) is 17.7. The molecule has 0 aliphatic rings. The van der Waals surface area contributed by atoms with Gasteiger partial charge in [-0.3, -0.25) is 9.78 Å². The van der Waals surface area contributed by atoms with Gasteiger partial charge in [0.25, 0.3) is 5.56 Å². The number of para-hydroxylation sites is 1. The average Bonchev–Trinajstić information content (AvgIpc) is 2.70. The summed E-state index contributed by atoms with van der Waals surface area (Å²) in [4.78, 5) is 24.5. The molecule has 2 aromatic heterocycles. The molecule has 0 amide bonds. The molecule has 2 aromatic carbocycles. The SMILES string of the molecule is COc1ccccc1-c1ccnc2nc(Nc3ccc(C)c(C)c3)[nH]c(=O)c12. The van der Waals surface area contributed by atoms with Gasteiger partial charge in [-0.15, -0.1) is 0 Å². The monoisotopic (exact) mass is 372 g/mol. The van der Waals surface area contributed by atoms with E-state index in [0.717, 1.165) is 22.4 Å². The molecule has 0 spiro atoms. The molecule has 6 nitrogen and oxygen atoms in total. The minimum atomic E-state index is -0.259. The molecule has 0 unspecified atom stereocenters. The zero-order valence-corrected chi connectivity index (χ0v) is 15.9. The molecule has 0 saturated heterocycles. The van der Waals surface area contributed by atoms with Gasteiger partial charge in [0.05, 0.1) is 12.5 Å². The standard InChI is InChI=1S/C22H20N4O2/c1-13-8-9-15(12-14(13)2)24-22-25-20-19(21(27)26-22)17(10-11-23-20)16-6-4-5-7-18(16)28-3/h4-12H,1-3H3,(H2,23,24,25,26,27). The molecule has 0 radical (unpaired) electrons. The lowest BCUT2D eigenvalue weighted by atomic mass is 10.0. The molecule has 0 aliphatic heterocycles. The predicted octanol–water partition coefficient (Wildman–Crippen LogP) is 4.35. The number of anilines is 2. The minimum absolute atomic E-state index is 0.259. The number of aromatic nitrogens is 3. The van der Waals surface area contributed by atoms with Crippen LogP contribution in [0.4, 0.5) is 11.6 Å². The van der Waals surface area contributed by atoms with E-state index in [0.29, 0.717) is 22.7 Å². The van der Waals surface area contributed by atoms with E-state index >= 15 is 0 Å². The van der Waals surface area contributed by atoms with Crippen LogP contribution in [0.3, 0.4) is 0 Å². The van der Waals surface area contributed by atoms with E-state index in [1.54, 1.807) is 19.4 Å². The highest BCUT2D eigenvalue weighted by Crippen LogP contribution is 2.32. The van der Waals surface area contributed by atoms with Crippen LogP contribution in [0.1, 0.15) is 11.1 Å². The summed E-state index contributed by atoms with van der Waals surface area (Å²) in [5.74, 6) is 1.04. The van der Waals surface area contributed by atoms with Crippen molar-refractivity contribution in [1.29, 1.82) is 0 Å². The molecule has 0 saturated carbocycles. The third-order valence-electron chi connectivity index (χ3n) is 4.77. The number of H-pyrrole nitrogens is 1. The second-order valence-corrected chi connectivity index (χ2v) is 6.60. The van der Waals surface area contributed by atoms with Gasteiger partial charge in [0, 0.05) is 23.0 Å². The summed E-state index contributed by atoms with van der Waals surface area (Å²) < 4.78 is 5.45. The van der Waals surface area contributed by atoms with Crippen LogP contribution in [0, 0.1) is 13.8 Å². The molecular weight excluding hydrogens is 352 g/mol. The summed E-state index contributed by atoms with van der Waals surface area (Å²) in [6, 6.07) is 15.3. The van der Waals surface area contributed by atoms with E-state index in [-0.39, 0.29) is 5.56 Å². The van der Waals surface area contributed by atoms with E-state index in [9.17, 15) is 4.79 Å². The number of fused-ring (bicyclic) bond motifs is 1. The van der Waals surface area contributed by atoms with Crippen molar-refractivity contribution < 1.29 is 4.74 Å². The van der Waals surface area contributed by atoms with Crippen molar-refractivity contribution in [3.63, 3.8) is 0 Å². The number of hydrogen-bond donors (Lipinski definition) is 2. The van der Waals surface area contributed by atoms with Crippen molar-refractivity contribution in [2.75, 3.05) is 12.4 Å². The fourth-order valence-electron chi connectivity index (χ4n) is 3.17. The van der Waals surface area contributed by atoms with Crippen LogP contribution >= 0.6 is 0 Å². The quantitative estimate of drug-likeness (QED) is 0.557. The first-order valence-electron chi connectivity index (χ1n) is 8.93. The van der Waals surface area contributed by atoms with Crippen molar-refractivity contribution in [2.24, 2.45) is 0 Å². The van der Waals surface area contributed by atoms with Crippen LogP contribution in [0.2, 0.25) is 0 Å². The van der Waals surface area contributed by atoms with Gasteiger partial charge in [-0.25, -0.2) is 4.98 Å². The summed E-state index contributed by atoms with van der Waals surface area (Å²) in [5, 5.41) is 3.58. The predicted molar refractivity (Wildman–Crippen MR) is 111 cm³/mol. The molecule has 0 bridgehead atoms. The highest BCUT2D eigenvalue weighted by molar-refractivity contribution is 5.94. The topological polar surface area (TPSA) is 79.9 Å². The lowest BCUT2D eigenvalue weighted by molar-refractivity contribution is 0.416. The maximum Gasteiger partial charge on any atom is 0.262 e. The molecule has 140 valence electrons. The van der Waals surface area contributed by atoms with Gasteiger partial charge in [-0.2, -0.15) is 4.98 Å². The van der Waals surface area contributed by atoms with E-state index in [2.05, 4.69) is 27.2 Å². The van der Waals surface area contributed by atoms with Gasteiger partial charge in [-0.1, -0.05) is 24.3 Å². The highest BCUT2D eigenvalue weighted by atomic mass is 16.5. The van der Waals surface area contributed by atoms with Crippen LogP contribution < -0.4 is 15.6 Å². The zero-order valence-electron chi connectivity index (χ0n) is 15.9. The lowest BCUT2D eigenvalue weighted by Gasteiger charge is -2.11. The van der Waals surface area contributed by atoms with E-state index in [1.165, 1.54) is 5.56 Å². The van der Waals surface area contributed by atoms with Crippen LogP contribution in [0.5, 0.6) is 5.75 Å². The Morgan fingerprint density at radius 1 is 1.00 bits per heavy atom. The van der Waals surface area contributed by atoms with E-state index < -0.39 is 0 Å². The lowest BCUT2D eigenvalue weighted by Crippen LogP contribution is -2.13. The number of aromatic amines is 1. The Balaban J connectivity index is 1.82. The Bertz CT molecular complexity index is 1230. The second-order valence-electron chi connectivity index (χ2n) is 6.60. The average molecular weight is 372 g/mol. The molecule has 0 fully saturated rings. The van der Waals surface area contributed by atoms with Crippen LogP contribution in [0.15, 0.2) is 59.5 Å². The first-order chi connectivity index (χ1) is 13.6. The summed E-state index contributed by atoms with van der Waals surface area (Å²) in [7, 11) is 1.61. The Hall–Kier alpha value is -3.67. The van der Waals surface area contributed by atoms with Crippen LogP contribution in [-0.2, 0) is 0 Å². The molecule has 2 heterocycles. The number of aryl methyl sites for hydroxylation is 2. The maximum absolute atomic E-state index is 12.9. The zero-order chi connectivity index (χ0) is 19.7. The van der Waals surface area contributed by atoms with E-state index in [1.807, 2.05) is 49.4 Å². The van der Waals surface area contributed by atoms with Gasteiger partial charge in [0.1, 0.15) is 5.75 Å². The number of pyridine rings is 1. The Labute approximate surface area is 162 Å². The van der Waals surface area contributed by atoms with Crippen molar-refractivity contribution in [2.45, 2.75) is 13.8 Å². The molecule has 0 atom stereocenters. The summed E-state index contributed by atoms with van der Waals surface area (Å²) >= 11 is 0. The number of nitrogens with zero attached hydrogens (tertiary/aromatic N) is 2. The summed E-state index contributed by atoms with van der Waals surface area (Å²) in [6.45, 7) is 4.09. The van der Waals surface area contributed by atoms with Crippen molar-refractivity contribution >= 4 is 22.7 Å². The van der Waals surface area contributed by atoms with E-state index in [4.69, 9.17) is 4.74 Å². The fourth-order valence-corrected chi connectivity index (χ4v) is 3.17. The molecule has 0 aliphatic carbocycles. The third kappa shape index (κ3) is 3.20. The van der Waals surface area contributed by atoms with Crippen molar-refractivity contribution in [3.05, 3.63) is 76.2 Å². The van der Waals surface area contributed by atoms with Crippen molar-refractivity contribution in [3.8, 4) is 16.9 Å². The normalized spacial score (nSPS) is 10.8. The largest absolute Gasteiger partial charge is 0.496 e. The second kappa shape index (κ2) is 7.15. The highest BCUT2D eigenvalue weighted by Gasteiger charge is 2.14. The number of methoxy groups -OCH3 is 1. The molecule has 4 aromatic rings. The summed E-state index contributed by atoms with van der Waals surface area (Å²) in [6.07, 6.45) is 1.65. The summed E-state index contributed by atoms with van der Waals surface area (Å²) in [5.41, 5.74) is 4.88. The number of hydrogen-bond acceptors (Lipinski definition) is 5. The van der Waals surface area contributed by atoms with Gasteiger partial charge in [0.15, 0.2) is 5.65 Å². The molecule has 6 heteroatoms. The smallest absolute Gasteiger partial charge is 0.262 e. The Morgan fingerprint density at radius 3 is 2.61 bits per heavy atom. The molecule has 28 heavy (non-hydrogen) atoms. The Morgan fingerprint density at radius 2 is 1.82 bits per heavy atom. The van der Waals surface area contributed by atoms with Gasteiger partial charge in [0.2, 0.25) is 5.95 Å². The molecular formula is C22H20N4O2. The van der Waals surface area contributed by atoms with Crippen LogP contribution in [-0.4, -0.2) is 22.1 Å². The molecule has 2 N–H and O–H groups in total. The van der Waals surface area contributed by atoms with Gasteiger partial charge < -0.3 is 10.1 Å². The van der Waals surface area contributed by atoms with Crippen molar-refractivity contribution in [1.82, 2.24) is 15.0 Å². The Kier molecular flexibility index (Phi) is 4.53. The third-order valence-corrected chi connectivity index (χ3v) is 4.77. The molecule has 4 rings (SSSR count). The minimum Gasteiger partial charge on any atom is -0.496 e. The number of rotatable bonds is 4. The van der Waals surface area contributed by atoms with Gasteiger partial charge >= 0.3 is 0 Å². The van der Waals surface area contributed by atoms with Crippen LogP contribution in [0.25, 0.3) is 22.2 Å². The number of ether oxygens (including phenoxy) is 1. The maximum atomic E-state index is 12.9. The van der Waals surface area contributed by atoms with Gasteiger partial charge in [-0.05, 0) is 49.2 Å². The number of benzene rings is 2. The fraction of sp³-hybridized carbons (Fsp3) is 0.136. The first-order valence-corrected chi connectivity index (χ1v) is 8.93. The number of nitrogens with one attached hydrogen (secondary N) is 2.